The lowest BCUT2D eigenvalue weighted by Gasteiger charge is -2.11. The van der Waals surface area contributed by atoms with Gasteiger partial charge in [-0.15, -0.1) is 0 Å². The van der Waals surface area contributed by atoms with Crippen LogP contribution in [0, 0.1) is 11.3 Å². The average Bonchev–Trinajstić information content (AvgIpc) is 3.34. The third-order valence-electron chi connectivity index (χ3n) is 4.30. The minimum Gasteiger partial charge on any atom is -0.467 e. The molecule has 27 heavy (non-hydrogen) atoms. The molecule has 0 fully saturated rings. The van der Waals surface area contributed by atoms with Crippen molar-refractivity contribution in [3.8, 4) is 6.07 Å². The van der Waals surface area contributed by atoms with Gasteiger partial charge in [-0.25, -0.2) is 14.3 Å². The van der Waals surface area contributed by atoms with Gasteiger partial charge in [0.15, 0.2) is 11.2 Å². The van der Waals surface area contributed by atoms with Crippen LogP contribution in [0.25, 0.3) is 11.2 Å². The third-order valence-corrected chi connectivity index (χ3v) is 4.30. The maximum Gasteiger partial charge on any atom is 0.333 e. The van der Waals surface area contributed by atoms with Crippen LogP contribution in [-0.4, -0.2) is 18.7 Å². The number of hydrogen-bond acceptors (Lipinski definition) is 5. The van der Waals surface area contributed by atoms with Crippen molar-refractivity contribution < 1.29 is 4.42 Å². The molecule has 0 aliphatic carbocycles. The highest BCUT2D eigenvalue weighted by molar-refractivity contribution is 5.70. The Morgan fingerprint density at radius 3 is 2.56 bits per heavy atom. The minimum absolute atomic E-state index is 0.250. The molecular weight excluding hydrogens is 346 g/mol. The molecule has 8 heteroatoms. The lowest BCUT2D eigenvalue weighted by Crippen LogP contribution is -2.40. The van der Waals surface area contributed by atoms with Crippen molar-refractivity contribution in [3.63, 3.8) is 0 Å². The van der Waals surface area contributed by atoms with E-state index < -0.39 is 11.2 Å². The van der Waals surface area contributed by atoms with E-state index in [-0.39, 0.29) is 24.3 Å². The van der Waals surface area contributed by atoms with Crippen molar-refractivity contribution >= 4 is 11.2 Å². The predicted molar refractivity (Wildman–Crippen MR) is 97.2 cm³/mol. The van der Waals surface area contributed by atoms with E-state index in [1.165, 1.54) is 10.9 Å². The molecule has 0 saturated carbocycles. The molecule has 4 aromatic rings. The van der Waals surface area contributed by atoms with Crippen LogP contribution in [0.4, 0.5) is 0 Å². The molecule has 0 spiro atoms. The topological polar surface area (TPSA) is 98.8 Å². The van der Waals surface area contributed by atoms with Gasteiger partial charge >= 0.3 is 5.69 Å². The number of imidazole rings is 1. The van der Waals surface area contributed by atoms with Crippen LogP contribution in [0.5, 0.6) is 0 Å². The van der Waals surface area contributed by atoms with E-state index in [2.05, 4.69) is 4.98 Å². The molecule has 0 amide bonds. The summed E-state index contributed by atoms with van der Waals surface area (Å²) < 4.78 is 9.33. The predicted octanol–water partition coefficient (Wildman–Crippen LogP) is 1.57. The summed E-state index contributed by atoms with van der Waals surface area (Å²) in [7, 11) is 0. The maximum atomic E-state index is 12.9. The zero-order valence-electron chi connectivity index (χ0n) is 14.3. The van der Waals surface area contributed by atoms with Crippen LogP contribution in [0.1, 0.15) is 11.3 Å². The summed E-state index contributed by atoms with van der Waals surface area (Å²) in [4.78, 5) is 30.0. The van der Waals surface area contributed by atoms with Crippen molar-refractivity contribution in [1.29, 1.82) is 5.26 Å². The number of furan rings is 1. The molecular formula is C19H15N5O3. The summed E-state index contributed by atoms with van der Waals surface area (Å²) in [6, 6.07) is 14.8. The Morgan fingerprint density at radius 2 is 1.85 bits per heavy atom. The van der Waals surface area contributed by atoms with Gasteiger partial charge < -0.3 is 8.98 Å². The van der Waals surface area contributed by atoms with Gasteiger partial charge in [0.2, 0.25) is 0 Å². The fraction of sp³-hybridized carbons (Fsp3) is 0.158. The zero-order valence-corrected chi connectivity index (χ0v) is 14.3. The van der Waals surface area contributed by atoms with E-state index in [4.69, 9.17) is 9.68 Å². The van der Waals surface area contributed by atoms with Crippen LogP contribution in [0.15, 0.2) is 69.1 Å². The molecule has 0 saturated heterocycles. The second-order valence-electron chi connectivity index (χ2n) is 6.03. The van der Waals surface area contributed by atoms with E-state index >= 15 is 0 Å². The summed E-state index contributed by atoms with van der Waals surface area (Å²) in [5, 5.41) is 9.05. The summed E-state index contributed by atoms with van der Waals surface area (Å²) in [5.74, 6) is 0.654. The number of aromatic nitrogens is 4. The Bertz CT molecular complexity index is 1240. The number of benzene rings is 1. The number of nitrogens with zero attached hydrogens (tertiary/aromatic N) is 5. The Morgan fingerprint density at radius 1 is 1.04 bits per heavy atom. The van der Waals surface area contributed by atoms with Gasteiger partial charge in [-0.2, -0.15) is 5.26 Å². The highest BCUT2D eigenvalue weighted by Gasteiger charge is 2.18. The molecule has 3 aromatic heterocycles. The van der Waals surface area contributed by atoms with E-state index in [9.17, 15) is 9.59 Å². The Labute approximate surface area is 153 Å². The summed E-state index contributed by atoms with van der Waals surface area (Å²) >= 11 is 0. The first-order chi connectivity index (χ1) is 13.2. The first-order valence-corrected chi connectivity index (χ1v) is 8.31. The standard InChI is InChI=1S/C19H15N5O3/c20-8-9-23-18(25)16-17(21-13-22(16)12-15-7-4-10-27-15)24(19(23)26)11-14-5-2-1-3-6-14/h1-7,10,13H,9,11-12H2. The Hall–Kier alpha value is -3.86. The van der Waals surface area contributed by atoms with Crippen LogP contribution in [-0.2, 0) is 19.6 Å². The van der Waals surface area contributed by atoms with Crippen LogP contribution < -0.4 is 11.2 Å². The molecule has 8 nitrogen and oxygen atoms in total. The molecule has 0 bridgehead atoms. The van der Waals surface area contributed by atoms with E-state index in [0.29, 0.717) is 12.3 Å². The lowest BCUT2D eigenvalue weighted by molar-refractivity contribution is 0.495. The van der Waals surface area contributed by atoms with Crippen molar-refractivity contribution in [2.75, 3.05) is 0 Å². The van der Waals surface area contributed by atoms with Crippen LogP contribution >= 0.6 is 0 Å². The van der Waals surface area contributed by atoms with Gasteiger partial charge in [0.25, 0.3) is 5.56 Å². The fourth-order valence-electron chi connectivity index (χ4n) is 3.05. The van der Waals surface area contributed by atoms with Gasteiger partial charge in [0, 0.05) is 0 Å². The molecule has 0 N–H and O–H groups in total. The van der Waals surface area contributed by atoms with E-state index in [1.807, 2.05) is 36.4 Å². The molecule has 0 unspecified atom stereocenters. The summed E-state index contributed by atoms with van der Waals surface area (Å²) in [5.41, 5.74) is 0.349. The first-order valence-electron chi connectivity index (χ1n) is 8.31. The largest absolute Gasteiger partial charge is 0.467 e. The van der Waals surface area contributed by atoms with Gasteiger partial charge in [-0.1, -0.05) is 30.3 Å². The molecule has 1 aromatic carbocycles. The molecule has 134 valence electrons. The number of nitriles is 1. The quantitative estimate of drug-likeness (QED) is 0.537. The van der Waals surface area contributed by atoms with Gasteiger partial charge in [0.05, 0.1) is 31.7 Å². The smallest absolute Gasteiger partial charge is 0.333 e. The second kappa shape index (κ2) is 6.80. The Kier molecular flexibility index (Phi) is 4.18. The monoisotopic (exact) mass is 361 g/mol. The molecule has 0 aliphatic heterocycles. The molecule has 3 heterocycles. The van der Waals surface area contributed by atoms with Gasteiger partial charge in [-0.05, 0) is 17.7 Å². The second-order valence-corrected chi connectivity index (χ2v) is 6.03. The fourth-order valence-corrected chi connectivity index (χ4v) is 3.05. The first kappa shape index (κ1) is 16.6. The summed E-state index contributed by atoms with van der Waals surface area (Å²) in [6.07, 6.45) is 3.06. The highest BCUT2D eigenvalue weighted by Crippen LogP contribution is 2.12. The lowest BCUT2D eigenvalue weighted by atomic mass is 10.2. The van der Waals surface area contributed by atoms with E-state index in [0.717, 1.165) is 10.1 Å². The van der Waals surface area contributed by atoms with Gasteiger partial charge in [-0.3, -0.25) is 9.36 Å². The van der Waals surface area contributed by atoms with Crippen LogP contribution in [0.2, 0.25) is 0 Å². The van der Waals surface area contributed by atoms with Crippen molar-refractivity contribution in [2.24, 2.45) is 0 Å². The van der Waals surface area contributed by atoms with Crippen molar-refractivity contribution in [3.05, 3.63) is 87.2 Å². The SMILES string of the molecule is N#CCn1c(=O)c2c(ncn2Cc2ccco2)n(Cc2ccccc2)c1=O. The molecule has 0 radical (unpaired) electrons. The number of hydrogen-bond donors (Lipinski definition) is 0. The van der Waals surface area contributed by atoms with Crippen LogP contribution in [0.3, 0.4) is 0 Å². The van der Waals surface area contributed by atoms with Crippen molar-refractivity contribution in [2.45, 2.75) is 19.6 Å². The maximum absolute atomic E-state index is 12.9. The van der Waals surface area contributed by atoms with E-state index in [1.54, 1.807) is 23.0 Å². The summed E-state index contributed by atoms with van der Waals surface area (Å²) in [6.45, 7) is 0.225. The number of fused-ring (bicyclic) bond motifs is 1. The highest BCUT2D eigenvalue weighted by atomic mass is 16.3. The average molecular weight is 361 g/mol. The van der Waals surface area contributed by atoms with Gasteiger partial charge in [0.1, 0.15) is 12.3 Å². The zero-order chi connectivity index (χ0) is 18.8. The molecule has 0 aliphatic rings. The molecule has 0 atom stereocenters. The normalized spacial score (nSPS) is 10.9. The minimum atomic E-state index is -0.554. The molecule has 4 rings (SSSR count). The van der Waals surface area contributed by atoms with Crippen molar-refractivity contribution in [1.82, 2.24) is 18.7 Å². The third kappa shape index (κ3) is 2.95. The Balaban J connectivity index is 1.94. The number of rotatable bonds is 5.